The molecule has 1 aromatic carbocycles. The molecule has 1 saturated heterocycles. The van der Waals surface area contributed by atoms with E-state index in [1.165, 1.54) is 12.1 Å². The van der Waals surface area contributed by atoms with Crippen molar-refractivity contribution in [3.63, 3.8) is 0 Å². The maximum atomic E-state index is 11.0. The average molecular weight is 301 g/mol. The predicted molar refractivity (Wildman–Crippen MR) is 87.3 cm³/mol. The van der Waals surface area contributed by atoms with E-state index in [1.807, 2.05) is 13.0 Å². The maximum absolute atomic E-state index is 11.0. The molecule has 2 atom stereocenters. The summed E-state index contributed by atoms with van der Waals surface area (Å²) < 4.78 is 1.75. The third-order valence-corrected chi connectivity index (χ3v) is 4.45. The lowest BCUT2D eigenvalue weighted by Crippen LogP contribution is -2.38. The number of aromatic nitrogens is 2. The number of rotatable bonds is 3. The van der Waals surface area contributed by atoms with Gasteiger partial charge in [-0.3, -0.25) is 4.79 Å². The second-order valence-electron chi connectivity index (χ2n) is 6.66. The molecule has 22 heavy (non-hydrogen) atoms. The molecular formula is C17H23N3O2. The van der Waals surface area contributed by atoms with Gasteiger partial charge in [-0.25, -0.2) is 4.98 Å². The summed E-state index contributed by atoms with van der Waals surface area (Å²) in [4.78, 5) is 17.9. The molecule has 0 bridgehead atoms. The van der Waals surface area contributed by atoms with Crippen LogP contribution in [0.25, 0.3) is 11.0 Å². The first-order valence-electron chi connectivity index (χ1n) is 7.87. The molecule has 0 aliphatic carbocycles. The first-order chi connectivity index (χ1) is 10.4. The number of hydrogen-bond donors (Lipinski definition) is 1. The number of fused-ring (bicyclic) bond motifs is 1. The molecule has 1 aliphatic heterocycles. The zero-order chi connectivity index (χ0) is 15.9. The van der Waals surface area contributed by atoms with Crippen molar-refractivity contribution < 1.29 is 9.90 Å². The number of piperidine rings is 1. The van der Waals surface area contributed by atoms with Crippen molar-refractivity contribution in [2.75, 3.05) is 18.0 Å². The lowest BCUT2D eigenvalue weighted by molar-refractivity contribution is -0.137. The minimum Gasteiger partial charge on any atom is -0.480 e. The number of hydrogen-bond acceptors (Lipinski definition) is 3. The van der Waals surface area contributed by atoms with Crippen molar-refractivity contribution in [3.8, 4) is 0 Å². The third-order valence-electron chi connectivity index (χ3n) is 4.45. The summed E-state index contributed by atoms with van der Waals surface area (Å²) >= 11 is 0. The van der Waals surface area contributed by atoms with Gasteiger partial charge in [-0.05, 0) is 43.4 Å². The van der Waals surface area contributed by atoms with Crippen molar-refractivity contribution in [1.29, 1.82) is 0 Å². The van der Waals surface area contributed by atoms with E-state index in [0.29, 0.717) is 11.8 Å². The zero-order valence-corrected chi connectivity index (χ0v) is 13.4. The Balaban J connectivity index is 1.95. The smallest absolute Gasteiger partial charge is 0.323 e. The molecule has 2 heterocycles. The Bertz CT molecular complexity index is 697. The largest absolute Gasteiger partial charge is 0.480 e. The summed E-state index contributed by atoms with van der Waals surface area (Å²) in [5.41, 5.74) is 2.95. The van der Waals surface area contributed by atoms with Crippen LogP contribution in [0.5, 0.6) is 0 Å². The highest BCUT2D eigenvalue weighted by Gasteiger charge is 2.22. The molecule has 118 valence electrons. The Morgan fingerprint density at radius 1 is 1.32 bits per heavy atom. The van der Waals surface area contributed by atoms with E-state index < -0.39 is 5.97 Å². The fraction of sp³-hybridized carbons (Fsp3) is 0.529. The first kappa shape index (κ1) is 14.9. The van der Waals surface area contributed by atoms with E-state index in [-0.39, 0.29) is 6.54 Å². The molecule has 0 amide bonds. The zero-order valence-electron chi connectivity index (χ0n) is 13.4. The van der Waals surface area contributed by atoms with Crippen LogP contribution in [0.2, 0.25) is 0 Å². The Hall–Kier alpha value is -2.04. The van der Waals surface area contributed by atoms with Crippen LogP contribution < -0.4 is 4.90 Å². The normalized spacial score (nSPS) is 22.2. The second kappa shape index (κ2) is 5.63. The number of benzene rings is 1. The van der Waals surface area contributed by atoms with Crippen LogP contribution in [0.4, 0.5) is 5.69 Å². The van der Waals surface area contributed by atoms with Gasteiger partial charge in [0.25, 0.3) is 0 Å². The van der Waals surface area contributed by atoms with Gasteiger partial charge < -0.3 is 14.6 Å². The van der Waals surface area contributed by atoms with Crippen LogP contribution >= 0.6 is 0 Å². The standard InChI is InChI=1S/C17H23N3O2/c1-11-6-12(2)9-19(8-11)14-4-5-16-15(7-14)18-13(3)20(16)10-17(21)22/h4-5,7,11-12H,6,8-10H2,1-3H3,(H,21,22). The fourth-order valence-corrected chi connectivity index (χ4v) is 3.64. The van der Waals surface area contributed by atoms with Gasteiger partial charge >= 0.3 is 5.97 Å². The van der Waals surface area contributed by atoms with Gasteiger partial charge in [0, 0.05) is 18.8 Å². The van der Waals surface area contributed by atoms with E-state index in [9.17, 15) is 4.79 Å². The van der Waals surface area contributed by atoms with E-state index in [0.717, 1.165) is 29.9 Å². The summed E-state index contributed by atoms with van der Waals surface area (Å²) in [6.07, 6.45) is 1.28. The Labute approximate surface area is 130 Å². The quantitative estimate of drug-likeness (QED) is 0.947. The van der Waals surface area contributed by atoms with Crippen LogP contribution in [0, 0.1) is 18.8 Å². The van der Waals surface area contributed by atoms with Gasteiger partial charge in [-0.1, -0.05) is 13.8 Å². The molecule has 3 rings (SSSR count). The van der Waals surface area contributed by atoms with Crippen LogP contribution in [-0.4, -0.2) is 33.7 Å². The van der Waals surface area contributed by atoms with Gasteiger partial charge in [0.15, 0.2) is 0 Å². The molecule has 2 aromatic rings. The number of carboxylic acid groups (broad SMARTS) is 1. The number of aliphatic carboxylic acids is 1. The summed E-state index contributed by atoms with van der Waals surface area (Å²) in [6, 6.07) is 6.18. The number of anilines is 1. The highest BCUT2D eigenvalue weighted by molar-refractivity contribution is 5.82. The van der Waals surface area contributed by atoms with E-state index in [4.69, 9.17) is 5.11 Å². The average Bonchev–Trinajstić information content (AvgIpc) is 2.72. The molecule has 0 spiro atoms. The molecule has 5 nitrogen and oxygen atoms in total. The SMILES string of the molecule is Cc1nc2cc(N3CC(C)CC(C)C3)ccc2n1CC(=O)O. The van der Waals surface area contributed by atoms with Gasteiger partial charge in [0.1, 0.15) is 12.4 Å². The molecule has 1 aliphatic rings. The minimum atomic E-state index is -0.842. The van der Waals surface area contributed by atoms with Gasteiger partial charge in [0.2, 0.25) is 0 Å². The summed E-state index contributed by atoms with van der Waals surface area (Å²) in [7, 11) is 0. The molecule has 2 unspecified atom stereocenters. The van der Waals surface area contributed by atoms with Gasteiger partial charge in [-0.2, -0.15) is 0 Å². The first-order valence-corrected chi connectivity index (χ1v) is 7.87. The second-order valence-corrected chi connectivity index (χ2v) is 6.66. The highest BCUT2D eigenvalue weighted by Crippen LogP contribution is 2.28. The number of aryl methyl sites for hydroxylation is 1. The Morgan fingerprint density at radius 2 is 2.00 bits per heavy atom. The summed E-state index contributed by atoms with van der Waals surface area (Å²) in [5, 5.41) is 9.03. The van der Waals surface area contributed by atoms with Crippen LogP contribution in [0.3, 0.4) is 0 Å². The monoisotopic (exact) mass is 301 g/mol. The predicted octanol–water partition coefficient (Wildman–Crippen LogP) is 2.91. The summed E-state index contributed by atoms with van der Waals surface area (Å²) in [5.74, 6) is 1.30. The Morgan fingerprint density at radius 3 is 2.64 bits per heavy atom. The van der Waals surface area contributed by atoms with Crippen molar-refractivity contribution in [1.82, 2.24) is 9.55 Å². The third kappa shape index (κ3) is 2.80. The van der Waals surface area contributed by atoms with Crippen LogP contribution in [0.15, 0.2) is 18.2 Å². The van der Waals surface area contributed by atoms with E-state index >= 15 is 0 Å². The molecule has 0 saturated carbocycles. The van der Waals surface area contributed by atoms with Crippen LogP contribution in [0.1, 0.15) is 26.1 Å². The van der Waals surface area contributed by atoms with Gasteiger partial charge in [-0.15, -0.1) is 0 Å². The molecule has 5 heteroatoms. The van der Waals surface area contributed by atoms with Crippen molar-refractivity contribution in [2.24, 2.45) is 11.8 Å². The molecule has 1 fully saturated rings. The maximum Gasteiger partial charge on any atom is 0.323 e. The number of carbonyl (C=O) groups is 1. The highest BCUT2D eigenvalue weighted by atomic mass is 16.4. The fourth-order valence-electron chi connectivity index (χ4n) is 3.64. The van der Waals surface area contributed by atoms with Crippen molar-refractivity contribution in [3.05, 3.63) is 24.0 Å². The van der Waals surface area contributed by atoms with Gasteiger partial charge in [0.05, 0.1) is 11.0 Å². The lowest BCUT2D eigenvalue weighted by Gasteiger charge is -2.36. The lowest BCUT2D eigenvalue weighted by atomic mass is 9.91. The molecular weight excluding hydrogens is 278 g/mol. The van der Waals surface area contributed by atoms with E-state index in [1.54, 1.807) is 4.57 Å². The number of imidazole rings is 1. The van der Waals surface area contributed by atoms with Crippen molar-refractivity contribution in [2.45, 2.75) is 33.7 Å². The number of nitrogens with zero attached hydrogens (tertiary/aromatic N) is 3. The van der Waals surface area contributed by atoms with Crippen LogP contribution in [-0.2, 0) is 11.3 Å². The summed E-state index contributed by atoms with van der Waals surface area (Å²) in [6.45, 7) is 8.56. The molecule has 1 aromatic heterocycles. The van der Waals surface area contributed by atoms with Crippen molar-refractivity contribution >= 4 is 22.7 Å². The number of carboxylic acids is 1. The Kier molecular flexibility index (Phi) is 3.81. The molecule has 0 radical (unpaired) electrons. The molecule has 1 N–H and O–H groups in total. The minimum absolute atomic E-state index is 0.0422. The van der Waals surface area contributed by atoms with E-state index in [2.05, 4.69) is 35.9 Å². The topological polar surface area (TPSA) is 58.4 Å².